The topological polar surface area (TPSA) is 12.0 Å². The maximum absolute atomic E-state index is 3.77. The van der Waals surface area contributed by atoms with E-state index in [9.17, 15) is 0 Å². The molecule has 2 heteroatoms. The summed E-state index contributed by atoms with van der Waals surface area (Å²) in [6.07, 6.45) is 11.4. The van der Waals surface area contributed by atoms with Gasteiger partial charge in [0, 0.05) is 17.5 Å². The Morgan fingerprint density at radius 2 is 2.12 bits per heavy atom. The van der Waals surface area contributed by atoms with Gasteiger partial charge >= 0.3 is 0 Å². The minimum atomic E-state index is 0.632. The van der Waals surface area contributed by atoms with Crippen molar-refractivity contribution >= 4 is 11.3 Å². The van der Waals surface area contributed by atoms with Gasteiger partial charge in [0.2, 0.25) is 0 Å². The Morgan fingerprint density at radius 3 is 2.76 bits per heavy atom. The van der Waals surface area contributed by atoms with E-state index >= 15 is 0 Å². The van der Waals surface area contributed by atoms with Crippen molar-refractivity contribution in [1.82, 2.24) is 5.32 Å². The third kappa shape index (κ3) is 3.11. The minimum absolute atomic E-state index is 0.632. The van der Waals surface area contributed by atoms with Crippen molar-refractivity contribution in [2.75, 3.05) is 6.54 Å². The summed E-state index contributed by atoms with van der Waals surface area (Å²) in [5, 5.41) is 5.98. The van der Waals surface area contributed by atoms with Crippen LogP contribution < -0.4 is 5.32 Å². The molecule has 3 rings (SSSR count). The Balaban J connectivity index is 1.54. The molecular weight excluding hydrogens is 226 g/mol. The molecule has 0 spiro atoms. The molecule has 0 aromatic carbocycles. The summed E-state index contributed by atoms with van der Waals surface area (Å²) in [5.41, 5.74) is 0.632. The number of hydrogen-bond donors (Lipinski definition) is 1. The van der Waals surface area contributed by atoms with E-state index in [0.717, 1.165) is 6.04 Å². The summed E-state index contributed by atoms with van der Waals surface area (Å²) in [6, 6.07) is 5.35. The fourth-order valence-electron chi connectivity index (χ4n) is 3.13. The van der Waals surface area contributed by atoms with Crippen molar-refractivity contribution in [2.24, 2.45) is 5.41 Å². The van der Waals surface area contributed by atoms with Gasteiger partial charge in [-0.1, -0.05) is 18.9 Å². The van der Waals surface area contributed by atoms with Gasteiger partial charge in [-0.05, 0) is 55.4 Å². The van der Waals surface area contributed by atoms with E-state index in [1.54, 1.807) is 4.88 Å². The van der Waals surface area contributed by atoms with Crippen LogP contribution in [0.25, 0.3) is 0 Å². The zero-order chi connectivity index (χ0) is 11.6. The third-order valence-electron chi connectivity index (χ3n) is 4.49. The average molecular weight is 249 g/mol. The molecule has 0 atom stereocenters. The molecule has 2 saturated carbocycles. The second kappa shape index (κ2) is 5.11. The Kier molecular flexibility index (Phi) is 3.53. The van der Waals surface area contributed by atoms with E-state index in [0.29, 0.717) is 5.41 Å². The summed E-state index contributed by atoms with van der Waals surface area (Å²) in [5.74, 6) is 0. The highest BCUT2D eigenvalue weighted by molar-refractivity contribution is 7.09. The van der Waals surface area contributed by atoms with Crippen LogP contribution in [0.2, 0.25) is 0 Å². The first-order chi connectivity index (χ1) is 8.36. The number of nitrogens with one attached hydrogen (secondary N) is 1. The fraction of sp³-hybridized carbons (Fsp3) is 0.733. The maximum atomic E-state index is 3.77. The van der Waals surface area contributed by atoms with Gasteiger partial charge in [0.15, 0.2) is 0 Å². The zero-order valence-electron chi connectivity index (χ0n) is 10.6. The quantitative estimate of drug-likeness (QED) is 0.803. The molecule has 0 aliphatic heterocycles. The van der Waals surface area contributed by atoms with Gasteiger partial charge in [0.25, 0.3) is 0 Å². The van der Waals surface area contributed by atoms with Crippen LogP contribution in [-0.2, 0) is 6.42 Å². The van der Waals surface area contributed by atoms with Crippen molar-refractivity contribution in [3.05, 3.63) is 22.4 Å². The highest BCUT2D eigenvalue weighted by Crippen LogP contribution is 2.42. The average Bonchev–Trinajstić information content (AvgIpc) is 2.86. The zero-order valence-corrected chi connectivity index (χ0v) is 11.4. The van der Waals surface area contributed by atoms with Crippen molar-refractivity contribution in [3.63, 3.8) is 0 Å². The normalized spacial score (nSPS) is 23.1. The van der Waals surface area contributed by atoms with Crippen LogP contribution in [0.3, 0.4) is 0 Å². The van der Waals surface area contributed by atoms with Crippen molar-refractivity contribution < 1.29 is 0 Å². The first-order valence-corrected chi connectivity index (χ1v) is 8.00. The van der Waals surface area contributed by atoms with Crippen LogP contribution in [0.15, 0.2) is 17.5 Å². The summed E-state index contributed by atoms with van der Waals surface area (Å²) in [4.78, 5) is 1.57. The van der Waals surface area contributed by atoms with Gasteiger partial charge in [-0.3, -0.25) is 0 Å². The first kappa shape index (κ1) is 11.7. The molecule has 0 radical (unpaired) electrons. The number of thiophene rings is 1. The number of aryl methyl sites for hydroxylation is 1. The predicted octanol–water partition coefficient (Wildman–Crippen LogP) is 3.99. The van der Waals surface area contributed by atoms with Crippen LogP contribution in [0.4, 0.5) is 0 Å². The van der Waals surface area contributed by atoms with E-state index in [4.69, 9.17) is 0 Å². The molecule has 1 aromatic rings. The van der Waals surface area contributed by atoms with Gasteiger partial charge in [-0.25, -0.2) is 0 Å². The second-order valence-corrected chi connectivity index (χ2v) is 6.97. The van der Waals surface area contributed by atoms with Crippen LogP contribution in [0.5, 0.6) is 0 Å². The standard InChI is InChI=1S/C15H23NS/c1-2-9-15(8-1,12-16-13-5-6-13)10-7-14-4-3-11-17-14/h3-4,11,13,16H,1-2,5-10,12H2. The van der Waals surface area contributed by atoms with E-state index in [-0.39, 0.29) is 0 Å². The summed E-state index contributed by atoms with van der Waals surface area (Å²) >= 11 is 1.92. The smallest absolute Gasteiger partial charge is 0.00684 e. The Hall–Kier alpha value is -0.340. The van der Waals surface area contributed by atoms with Crippen LogP contribution in [-0.4, -0.2) is 12.6 Å². The van der Waals surface area contributed by atoms with Gasteiger partial charge < -0.3 is 5.32 Å². The highest BCUT2D eigenvalue weighted by atomic mass is 32.1. The monoisotopic (exact) mass is 249 g/mol. The molecule has 2 aliphatic rings. The maximum Gasteiger partial charge on any atom is 0.00684 e. The molecule has 0 unspecified atom stereocenters. The van der Waals surface area contributed by atoms with Gasteiger partial charge in [-0.2, -0.15) is 0 Å². The minimum Gasteiger partial charge on any atom is -0.313 e. The lowest BCUT2D eigenvalue weighted by Crippen LogP contribution is -2.33. The predicted molar refractivity (Wildman–Crippen MR) is 74.6 cm³/mol. The summed E-state index contributed by atoms with van der Waals surface area (Å²) in [6.45, 7) is 1.28. The lowest BCUT2D eigenvalue weighted by Gasteiger charge is -2.29. The van der Waals surface area contributed by atoms with Crippen LogP contribution in [0.1, 0.15) is 49.8 Å². The lowest BCUT2D eigenvalue weighted by molar-refractivity contribution is 0.257. The fourth-order valence-corrected chi connectivity index (χ4v) is 3.84. The van der Waals surface area contributed by atoms with Crippen molar-refractivity contribution in [2.45, 2.75) is 57.4 Å². The molecule has 94 valence electrons. The molecule has 2 fully saturated rings. The van der Waals surface area contributed by atoms with Crippen LogP contribution in [0, 0.1) is 5.41 Å². The molecule has 2 aliphatic carbocycles. The Bertz CT molecular complexity index is 334. The van der Waals surface area contributed by atoms with Crippen molar-refractivity contribution in [3.8, 4) is 0 Å². The molecule has 1 heterocycles. The molecule has 1 nitrogen and oxygen atoms in total. The van der Waals surface area contributed by atoms with Crippen LogP contribution >= 0.6 is 11.3 Å². The molecule has 1 aromatic heterocycles. The van der Waals surface area contributed by atoms with Gasteiger partial charge in [0.1, 0.15) is 0 Å². The van der Waals surface area contributed by atoms with E-state index in [2.05, 4.69) is 22.8 Å². The second-order valence-electron chi connectivity index (χ2n) is 5.94. The van der Waals surface area contributed by atoms with E-state index in [1.807, 2.05) is 11.3 Å². The molecular formula is C15H23NS. The van der Waals surface area contributed by atoms with Crippen molar-refractivity contribution in [1.29, 1.82) is 0 Å². The largest absolute Gasteiger partial charge is 0.313 e. The van der Waals surface area contributed by atoms with Gasteiger partial charge in [-0.15, -0.1) is 11.3 Å². The SMILES string of the molecule is c1csc(CCC2(CNC3CC3)CCCC2)c1. The molecule has 0 amide bonds. The molecule has 0 bridgehead atoms. The summed E-state index contributed by atoms with van der Waals surface area (Å²) < 4.78 is 0. The van der Waals surface area contributed by atoms with E-state index in [1.165, 1.54) is 57.9 Å². The Labute approximate surface area is 109 Å². The van der Waals surface area contributed by atoms with Gasteiger partial charge in [0.05, 0.1) is 0 Å². The first-order valence-electron chi connectivity index (χ1n) is 7.12. The summed E-state index contributed by atoms with van der Waals surface area (Å²) in [7, 11) is 0. The number of hydrogen-bond acceptors (Lipinski definition) is 2. The number of rotatable bonds is 6. The molecule has 17 heavy (non-hydrogen) atoms. The third-order valence-corrected chi connectivity index (χ3v) is 5.43. The highest BCUT2D eigenvalue weighted by Gasteiger charge is 2.35. The Morgan fingerprint density at radius 1 is 1.29 bits per heavy atom. The molecule has 1 N–H and O–H groups in total. The van der Waals surface area contributed by atoms with E-state index < -0.39 is 0 Å². The molecule has 0 saturated heterocycles. The lowest BCUT2D eigenvalue weighted by atomic mass is 9.81.